The molecule has 1 atom stereocenters. The maximum absolute atomic E-state index is 6.01. The molecule has 0 aromatic heterocycles. The second-order valence-corrected chi connectivity index (χ2v) is 6.95. The molecule has 0 spiro atoms. The predicted octanol–water partition coefficient (Wildman–Crippen LogP) is 4.86. The van der Waals surface area contributed by atoms with Crippen molar-refractivity contribution in [3.63, 3.8) is 0 Å². The van der Waals surface area contributed by atoms with Crippen LogP contribution in [0.5, 0.6) is 0 Å². The van der Waals surface area contributed by atoms with E-state index in [2.05, 4.69) is 41.5 Å². The smallest absolute Gasteiger partial charge is 0.0312 e. The Morgan fingerprint density at radius 1 is 1.00 bits per heavy atom. The molecule has 0 saturated carbocycles. The molecule has 0 heterocycles. The number of halogens is 1. The van der Waals surface area contributed by atoms with E-state index in [1.165, 1.54) is 12.8 Å². The third-order valence-electron chi connectivity index (χ3n) is 2.39. The van der Waals surface area contributed by atoms with Gasteiger partial charge in [0.1, 0.15) is 0 Å². The molecule has 0 bridgehead atoms. The summed E-state index contributed by atoms with van der Waals surface area (Å²) in [6.45, 7) is 13.6. The van der Waals surface area contributed by atoms with Crippen molar-refractivity contribution in [2.75, 3.05) is 0 Å². The van der Waals surface area contributed by atoms with Crippen molar-refractivity contribution in [2.45, 2.75) is 66.2 Å². The van der Waals surface area contributed by atoms with Crippen LogP contribution in [0, 0.1) is 10.8 Å². The van der Waals surface area contributed by atoms with Gasteiger partial charge in [0.15, 0.2) is 0 Å². The summed E-state index contributed by atoms with van der Waals surface area (Å²) < 4.78 is 0. The fourth-order valence-corrected chi connectivity index (χ4v) is 1.99. The monoisotopic (exact) mass is 204 g/mol. The van der Waals surface area contributed by atoms with Gasteiger partial charge in [-0.3, -0.25) is 0 Å². The predicted molar refractivity (Wildman–Crippen MR) is 62.4 cm³/mol. The lowest BCUT2D eigenvalue weighted by Gasteiger charge is -2.29. The van der Waals surface area contributed by atoms with E-state index in [9.17, 15) is 0 Å². The Morgan fingerprint density at radius 3 is 1.77 bits per heavy atom. The van der Waals surface area contributed by atoms with Gasteiger partial charge in [-0.15, -0.1) is 11.6 Å². The fraction of sp³-hybridized carbons (Fsp3) is 1.00. The summed E-state index contributed by atoms with van der Waals surface area (Å²) in [4.78, 5) is 0. The molecule has 0 amide bonds. The van der Waals surface area contributed by atoms with Crippen molar-refractivity contribution in [2.24, 2.45) is 10.8 Å². The summed E-state index contributed by atoms with van der Waals surface area (Å²) >= 11 is 6.01. The van der Waals surface area contributed by atoms with Crippen LogP contribution in [0.3, 0.4) is 0 Å². The van der Waals surface area contributed by atoms with E-state index in [0.717, 1.165) is 6.42 Å². The highest BCUT2D eigenvalue weighted by Gasteiger charge is 2.22. The van der Waals surface area contributed by atoms with Gasteiger partial charge in [-0.2, -0.15) is 0 Å². The Morgan fingerprint density at radius 2 is 1.46 bits per heavy atom. The number of alkyl halides is 1. The van der Waals surface area contributed by atoms with Crippen LogP contribution in [0.4, 0.5) is 0 Å². The molecule has 0 N–H and O–H groups in total. The molecule has 0 aliphatic carbocycles. The van der Waals surface area contributed by atoms with Crippen LogP contribution in [-0.4, -0.2) is 5.38 Å². The van der Waals surface area contributed by atoms with Gasteiger partial charge in [-0.05, 0) is 37.0 Å². The molecule has 0 nitrogen and oxygen atoms in total. The minimum atomic E-state index is 0.301. The highest BCUT2D eigenvalue weighted by molar-refractivity contribution is 6.20. The molecule has 0 aliphatic heterocycles. The average Bonchev–Trinajstić information content (AvgIpc) is 1.79. The van der Waals surface area contributed by atoms with Crippen LogP contribution in [0.15, 0.2) is 0 Å². The Balaban J connectivity index is 3.89. The molecule has 0 radical (unpaired) electrons. The first-order valence-electron chi connectivity index (χ1n) is 5.26. The molecule has 0 aromatic carbocycles. The Hall–Kier alpha value is 0.290. The lowest BCUT2D eigenvalue weighted by molar-refractivity contribution is 0.240. The van der Waals surface area contributed by atoms with Crippen LogP contribution >= 0.6 is 11.6 Å². The summed E-state index contributed by atoms with van der Waals surface area (Å²) in [5.41, 5.74) is 0.848. The molecule has 0 saturated heterocycles. The zero-order chi connectivity index (χ0) is 10.7. The molecular weight excluding hydrogens is 180 g/mol. The number of hydrogen-bond acceptors (Lipinski definition) is 0. The summed E-state index contributed by atoms with van der Waals surface area (Å²) in [5.74, 6) is 0. The minimum Gasteiger partial charge on any atom is -0.123 e. The van der Waals surface area contributed by atoms with E-state index in [4.69, 9.17) is 11.6 Å². The van der Waals surface area contributed by atoms with Crippen molar-refractivity contribution in [3.8, 4) is 0 Å². The van der Waals surface area contributed by atoms with Crippen LogP contribution in [0.2, 0.25) is 0 Å². The molecule has 1 unspecified atom stereocenters. The van der Waals surface area contributed by atoms with E-state index < -0.39 is 0 Å². The SMILES string of the molecule is CC(Cl)CC(C)(C)CCC(C)(C)C. The van der Waals surface area contributed by atoms with E-state index in [0.29, 0.717) is 16.2 Å². The van der Waals surface area contributed by atoms with Crippen LogP contribution < -0.4 is 0 Å². The molecular formula is C12H25Cl. The second kappa shape index (κ2) is 4.68. The first-order chi connectivity index (χ1) is 5.62. The van der Waals surface area contributed by atoms with Gasteiger partial charge in [0.2, 0.25) is 0 Å². The summed E-state index contributed by atoms with van der Waals surface area (Å²) in [6, 6.07) is 0. The second-order valence-electron chi connectivity index (χ2n) is 6.21. The topological polar surface area (TPSA) is 0 Å². The molecule has 0 fully saturated rings. The van der Waals surface area contributed by atoms with E-state index >= 15 is 0 Å². The van der Waals surface area contributed by atoms with Gasteiger partial charge in [-0.1, -0.05) is 34.6 Å². The summed E-state index contributed by atoms with van der Waals surface area (Å²) in [6.07, 6.45) is 3.67. The lowest BCUT2D eigenvalue weighted by atomic mass is 9.77. The van der Waals surface area contributed by atoms with Gasteiger partial charge in [0.25, 0.3) is 0 Å². The highest BCUT2D eigenvalue weighted by Crippen LogP contribution is 2.34. The molecule has 0 aliphatic rings. The first kappa shape index (κ1) is 13.3. The maximum atomic E-state index is 6.01. The zero-order valence-corrected chi connectivity index (χ0v) is 10.8. The third-order valence-corrected chi connectivity index (χ3v) is 2.54. The quantitative estimate of drug-likeness (QED) is 0.574. The summed E-state index contributed by atoms with van der Waals surface area (Å²) in [5, 5.41) is 0.301. The standard InChI is InChI=1S/C12H25Cl/c1-10(13)9-12(5,6)8-7-11(2,3)4/h10H,7-9H2,1-6H3. The molecule has 80 valence electrons. The fourth-order valence-electron chi connectivity index (χ4n) is 1.58. The normalized spacial score (nSPS) is 15.9. The minimum absolute atomic E-state index is 0.301. The molecule has 13 heavy (non-hydrogen) atoms. The Labute approximate surface area is 89.1 Å². The third kappa shape index (κ3) is 8.62. The molecule has 0 rings (SSSR count). The van der Waals surface area contributed by atoms with Crippen LogP contribution in [0.25, 0.3) is 0 Å². The van der Waals surface area contributed by atoms with Crippen molar-refractivity contribution < 1.29 is 0 Å². The Bertz CT molecular complexity index is 140. The van der Waals surface area contributed by atoms with E-state index in [1.54, 1.807) is 0 Å². The van der Waals surface area contributed by atoms with Crippen molar-refractivity contribution in [1.29, 1.82) is 0 Å². The molecule has 0 aromatic rings. The van der Waals surface area contributed by atoms with Crippen molar-refractivity contribution >= 4 is 11.6 Å². The average molecular weight is 205 g/mol. The number of rotatable bonds is 4. The largest absolute Gasteiger partial charge is 0.123 e. The van der Waals surface area contributed by atoms with E-state index in [1.807, 2.05) is 0 Å². The van der Waals surface area contributed by atoms with Gasteiger partial charge < -0.3 is 0 Å². The zero-order valence-electron chi connectivity index (χ0n) is 10.1. The number of hydrogen-bond donors (Lipinski definition) is 0. The first-order valence-corrected chi connectivity index (χ1v) is 5.70. The van der Waals surface area contributed by atoms with Gasteiger partial charge in [-0.25, -0.2) is 0 Å². The highest BCUT2D eigenvalue weighted by atomic mass is 35.5. The van der Waals surface area contributed by atoms with Crippen molar-refractivity contribution in [1.82, 2.24) is 0 Å². The van der Waals surface area contributed by atoms with E-state index in [-0.39, 0.29) is 0 Å². The van der Waals surface area contributed by atoms with Gasteiger partial charge >= 0.3 is 0 Å². The lowest BCUT2D eigenvalue weighted by Crippen LogP contribution is -2.19. The van der Waals surface area contributed by atoms with Gasteiger partial charge in [0.05, 0.1) is 0 Å². The van der Waals surface area contributed by atoms with Crippen LogP contribution in [-0.2, 0) is 0 Å². The molecule has 1 heteroatoms. The maximum Gasteiger partial charge on any atom is 0.0312 e. The summed E-state index contributed by atoms with van der Waals surface area (Å²) in [7, 11) is 0. The van der Waals surface area contributed by atoms with Gasteiger partial charge in [0, 0.05) is 5.38 Å². The van der Waals surface area contributed by atoms with Crippen molar-refractivity contribution in [3.05, 3.63) is 0 Å². The van der Waals surface area contributed by atoms with Crippen LogP contribution in [0.1, 0.15) is 60.8 Å². The Kier molecular flexibility index (Phi) is 4.79.